The molecule has 0 saturated carbocycles. The number of benzene rings is 2. The minimum atomic E-state index is -0.465. The first-order valence-electron chi connectivity index (χ1n) is 9.64. The van der Waals surface area contributed by atoms with E-state index in [-0.39, 0.29) is 17.8 Å². The standard InChI is InChI=1S/C21H23FN6O/c1-13-6-4-7-14(2)20(13)18-8-5-11-27(18)21(29)23-16-9-10-17(22)19(12-16)28-15(3)24-25-26-28/h4,6-7,9-10,12,18H,5,8,11H2,1-3H3,(H,23,29)/t18-/m0/s1. The number of aryl methyl sites for hydroxylation is 3. The smallest absolute Gasteiger partial charge is 0.317 e. The summed E-state index contributed by atoms with van der Waals surface area (Å²) < 4.78 is 15.6. The molecule has 1 aliphatic heterocycles. The van der Waals surface area contributed by atoms with Crippen molar-refractivity contribution in [1.29, 1.82) is 0 Å². The molecule has 3 aromatic rings. The number of nitrogens with zero attached hydrogens (tertiary/aromatic N) is 5. The molecule has 29 heavy (non-hydrogen) atoms. The molecule has 1 aliphatic rings. The van der Waals surface area contributed by atoms with E-state index in [1.165, 1.54) is 27.4 Å². The molecule has 1 atom stereocenters. The monoisotopic (exact) mass is 394 g/mol. The van der Waals surface area contributed by atoms with Crippen molar-refractivity contribution in [3.8, 4) is 5.69 Å². The summed E-state index contributed by atoms with van der Waals surface area (Å²) in [6, 6.07) is 10.4. The van der Waals surface area contributed by atoms with E-state index in [0.29, 0.717) is 18.1 Å². The zero-order valence-corrected chi connectivity index (χ0v) is 16.7. The quantitative estimate of drug-likeness (QED) is 0.726. The van der Waals surface area contributed by atoms with Crippen LogP contribution < -0.4 is 5.32 Å². The van der Waals surface area contributed by atoms with Gasteiger partial charge in [0.05, 0.1) is 6.04 Å². The Hall–Kier alpha value is -3.29. The summed E-state index contributed by atoms with van der Waals surface area (Å²) in [6.07, 6.45) is 1.88. The zero-order valence-electron chi connectivity index (χ0n) is 16.7. The Morgan fingerprint density at radius 3 is 2.62 bits per heavy atom. The van der Waals surface area contributed by atoms with Crippen LogP contribution >= 0.6 is 0 Å². The fourth-order valence-electron chi connectivity index (χ4n) is 4.07. The van der Waals surface area contributed by atoms with Gasteiger partial charge >= 0.3 is 6.03 Å². The van der Waals surface area contributed by atoms with Gasteiger partial charge in [-0.1, -0.05) is 18.2 Å². The van der Waals surface area contributed by atoms with Crippen LogP contribution in [0.5, 0.6) is 0 Å². The fourth-order valence-corrected chi connectivity index (χ4v) is 4.07. The van der Waals surface area contributed by atoms with Gasteiger partial charge in [-0.25, -0.2) is 9.18 Å². The molecular formula is C21H23FN6O. The Bertz CT molecular complexity index is 1040. The lowest BCUT2D eigenvalue weighted by molar-refractivity contribution is 0.207. The third kappa shape index (κ3) is 3.57. The summed E-state index contributed by atoms with van der Waals surface area (Å²) >= 11 is 0. The first kappa shape index (κ1) is 19.0. The number of likely N-dealkylation sites (tertiary alicyclic amines) is 1. The topological polar surface area (TPSA) is 75.9 Å². The SMILES string of the molecule is Cc1cccc(C)c1[C@@H]1CCCN1C(=O)Nc1ccc(F)c(-n2nnnc2C)c1. The second kappa shape index (κ2) is 7.62. The van der Waals surface area contributed by atoms with Crippen LogP contribution in [0.4, 0.5) is 14.9 Å². The van der Waals surface area contributed by atoms with Gasteiger partial charge in [-0.15, -0.1) is 5.10 Å². The number of tetrazole rings is 1. The van der Waals surface area contributed by atoms with Gasteiger partial charge < -0.3 is 10.2 Å². The van der Waals surface area contributed by atoms with Gasteiger partial charge in [0.15, 0.2) is 5.82 Å². The van der Waals surface area contributed by atoms with Crippen molar-refractivity contribution in [3.63, 3.8) is 0 Å². The van der Waals surface area contributed by atoms with Crippen molar-refractivity contribution in [2.24, 2.45) is 0 Å². The first-order chi connectivity index (χ1) is 14.0. The third-order valence-electron chi connectivity index (χ3n) is 5.44. The lowest BCUT2D eigenvalue weighted by atomic mass is 9.94. The highest BCUT2D eigenvalue weighted by molar-refractivity contribution is 5.90. The summed E-state index contributed by atoms with van der Waals surface area (Å²) in [6.45, 7) is 6.53. The number of urea groups is 1. The molecule has 0 radical (unpaired) electrons. The highest BCUT2D eigenvalue weighted by Gasteiger charge is 2.32. The second-order valence-corrected chi connectivity index (χ2v) is 7.39. The van der Waals surface area contributed by atoms with Crippen LogP contribution in [0.15, 0.2) is 36.4 Å². The van der Waals surface area contributed by atoms with E-state index < -0.39 is 5.82 Å². The average Bonchev–Trinajstić information content (AvgIpc) is 3.32. The maximum absolute atomic E-state index is 14.3. The lowest BCUT2D eigenvalue weighted by Gasteiger charge is -2.28. The number of aromatic nitrogens is 4. The van der Waals surface area contributed by atoms with E-state index in [1.807, 2.05) is 11.0 Å². The van der Waals surface area contributed by atoms with Crippen molar-refractivity contribution in [3.05, 3.63) is 64.7 Å². The summed E-state index contributed by atoms with van der Waals surface area (Å²) in [5, 5.41) is 14.1. The van der Waals surface area contributed by atoms with Gasteiger partial charge in [-0.2, -0.15) is 4.68 Å². The van der Waals surface area contributed by atoms with E-state index in [4.69, 9.17) is 0 Å². The molecule has 0 unspecified atom stereocenters. The molecule has 8 heteroatoms. The van der Waals surface area contributed by atoms with Crippen LogP contribution in [0.3, 0.4) is 0 Å². The summed E-state index contributed by atoms with van der Waals surface area (Å²) in [5.74, 6) is -0.00463. The summed E-state index contributed by atoms with van der Waals surface area (Å²) in [4.78, 5) is 14.9. The number of nitrogens with one attached hydrogen (secondary N) is 1. The van der Waals surface area contributed by atoms with Crippen molar-refractivity contribution in [2.75, 3.05) is 11.9 Å². The van der Waals surface area contributed by atoms with Crippen LogP contribution in [0.1, 0.15) is 41.4 Å². The lowest BCUT2D eigenvalue weighted by Crippen LogP contribution is -2.35. The number of halogens is 1. The van der Waals surface area contributed by atoms with Crippen LogP contribution in [-0.4, -0.2) is 37.7 Å². The molecule has 4 rings (SSSR count). The number of rotatable bonds is 3. The number of anilines is 1. The molecule has 2 amide bonds. The summed E-state index contributed by atoms with van der Waals surface area (Å²) in [5.41, 5.74) is 4.27. The predicted octanol–water partition coefficient (Wildman–Crippen LogP) is 4.10. The first-order valence-corrected chi connectivity index (χ1v) is 9.64. The highest BCUT2D eigenvalue weighted by Crippen LogP contribution is 2.36. The molecule has 2 heterocycles. The van der Waals surface area contributed by atoms with Crippen molar-refractivity contribution in [2.45, 2.75) is 39.7 Å². The second-order valence-electron chi connectivity index (χ2n) is 7.39. The van der Waals surface area contributed by atoms with Gasteiger partial charge in [-0.05, 0) is 78.9 Å². The molecule has 7 nitrogen and oxygen atoms in total. The van der Waals surface area contributed by atoms with Crippen molar-refractivity contribution in [1.82, 2.24) is 25.1 Å². The maximum atomic E-state index is 14.3. The number of carbonyl (C=O) groups is 1. The molecule has 0 bridgehead atoms. The number of hydrogen-bond acceptors (Lipinski definition) is 4. The van der Waals surface area contributed by atoms with Crippen molar-refractivity contribution >= 4 is 11.7 Å². The molecule has 0 spiro atoms. The van der Waals surface area contributed by atoms with Crippen molar-refractivity contribution < 1.29 is 9.18 Å². The number of amides is 2. The molecule has 2 aromatic carbocycles. The van der Waals surface area contributed by atoms with Crippen LogP contribution in [0, 0.1) is 26.6 Å². The Balaban J connectivity index is 1.59. The van der Waals surface area contributed by atoms with Gasteiger partial charge in [0.25, 0.3) is 0 Å². The van der Waals surface area contributed by atoms with E-state index >= 15 is 0 Å². The molecule has 0 aliphatic carbocycles. The number of carbonyl (C=O) groups excluding carboxylic acids is 1. The number of hydrogen-bond donors (Lipinski definition) is 1. The van der Waals surface area contributed by atoms with Gasteiger partial charge in [0, 0.05) is 12.2 Å². The minimum Gasteiger partial charge on any atom is -0.317 e. The molecule has 1 saturated heterocycles. The molecule has 150 valence electrons. The van der Waals surface area contributed by atoms with E-state index in [0.717, 1.165) is 12.8 Å². The van der Waals surface area contributed by atoms with Crippen LogP contribution in [-0.2, 0) is 0 Å². The molecule has 1 aromatic heterocycles. The largest absolute Gasteiger partial charge is 0.322 e. The van der Waals surface area contributed by atoms with Crippen LogP contribution in [0.25, 0.3) is 5.69 Å². The third-order valence-corrected chi connectivity index (χ3v) is 5.44. The van der Waals surface area contributed by atoms with Gasteiger partial charge in [0.1, 0.15) is 11.5 Å². The molecule has 1 N–H and O–H groups in total. The van der Waals surface area contributed by atoms with E-state index in [1.54, 1.807) is 19.1 Å². The Morgan fingerprint density at radius 1 is 1.17 bits per heavy atom. The maximum Gasteiger partial charge on any atom is 0.322 e. The summed E-state index contributed by atoms with van der Waals surface area (Å²) in [7, 11) is 0. The molecule has 1 fully saturated rings. The Kier molecular flexibility index (Phi) is 5.00. The van der Waals surface area contributed by atoms with Gasteiger partial charge in [-0.3, -0.25) is 0 Å². The van der Waals surface area contributed by atoms with Crippen LogP contribution in [0.2, 0.25) is 0 Å². The van der Waals surface area contributed by atoms with E-state index in [2.05, 4.69) is 46.8 Å². The van der Waals surface area contributed by atoms with Gasteiger partial charge in [0.2, 0.25) is 0 Å². The fraction of sp³-hybridized carbons (Fsp3) is 0.333. The minimum absolute atomic E-state index is 0.0397. The van der Waals surface area contributed by atoms with E-state index in [9.17, 15) is 9.18 Å². The Morgan fingerprint density at radius 2 is 1.93 bits per heavy atom. The Labute approximate surface area is 168 Å². The predicted molar refractivity (Wildman–Crippen MR) is 107 cm³/mol. The highest BCUT2D eigenvalue weighted by atomic mass is 19.1. The molecular weight excluding hydrogens is 371 g/mol. The average molecular weight is 394 g/mol. The normalized spacial score (nSPS) is 16.3. The zero-order chi connectivity index (χ0) is 20.5.